The van der Waals surface area contributed by atoms with Crippen molar-refractivity contribution >= 4 is 34.0 Å². The zero-order valence-electron chi connectivity index (χ0n) is 19.4. The summed E-state index contributed by atoms with van der Waals surface area (Å²) in [7, 11) is 5.78. The van der Waals surface area contributed by atoms with Crippen LogP contribution < -0.4 is 20.1 Å². The minimum absolute atomic E-state index is 0. The van der Waals surface area contributed by atoms with Gasteiger partial charge in [-0.2, -0.15) is 4.98 Å². The van der Waals surface area contributed by atoms with Crippen LogP contribution in [-0.2, 0) is 0 Å². The van der Waals surface area contributed by atoms with Crippen LogP contribution in [0.3, 0.4) is 0 Å². The van der Waals surface area contributed by atoms with Crippen molar-refractivity contribution < 1.29 is 12.3 Å². The van der Waals surface area contributed by atoms with E-state index in [0.717, 1.165) is 29.4 Å². The molecule has 0 aliphatic heterocycles. The van der Waals surface area contributed by atoms with E-state index in [2.05, 4.69) is 49.6 Å². The largest absolute Gasteiger partial charge is 0.491 e. The van der Waals surface area contributed by atoms with Crippen molar-refractivity contribution in [3.05, 3.63) is 61.1 Å². The lowest BCUT2D eigenvalue weighted by Gasteiger charge is -2.39. The van der Waals surface area contributed by atoms with Gasteiger partial charge in [0, 0.05) is 39.4 Å². The van der Waals surface area contributed by atoms with Gasteiger partial charge in [0.25, 0.3) is 5.88 Å². The van der Waals surface area contributed by atoms with Crippen LogP contribution in [0.2, 0.25) is 0 Å². The number of methoxy groups -OCH3 is 1. The molecule has 0 spiro atoms. The fraction of sp³-hybridized carbons (Fsp3) is 0.280. The molecule has 5 rings (SSSR count). The molecule has 9 nitrogen and oxygen atoms in total. The highest BCUT2D eigenvalue weighted by Gasteiger charge is 2.33. The highest BCUT2D eigenvalue weighted by Crippen LogP contribution is 2.34. The lowest BCUT2D eigenvalue weighted by molar-refractivity contribution is 0.0351. The highest BCUT2D eigenvalue weighted by atomic mass is 16.5. The molecule has 1 saturated carbocycles. The predicted octanol–water partition coefficient (Wildman–Crippen LogP) is 4.88. The summed E-state index contributed by atoms with van der Waals surface area (Å²) >= 11 is 0. The maximum Gasteiger partial charge on any atom is 0.257 e. The molecule has 2 N–H and O–H groups in total. The minimum Gasteiger partial charge on any atom is -0.491 e. The molecule has 3 heterocycles. The van der Waals surface area contributed by atoms with E-state index in [1.165, 1.54) is 0 Å². The van der Waals surface area contributed by atoms with Gasteiger partial charge in [0.15, 0.2) is 5.75 Å². The molecule has 1 fully saturated rings. The van der Waals surface area contributed by atoms with E-state index in [-0.39, 0.29) is 8.96 Å². The Morgan fingerprint density at radius 1 is 0.971 bits per heavy atom. The molecule has 0 unspecified atom stereocenters. The lowest BCUT2D eigenvalue weighted by atomic mass is 9.88. The Hall–Kier alpha value is -3.98. The number of ether oxygens (including phenoxy) is 2. The summed E-state index contributed by atoms with van der Waals surface area (Å²) in [5.41, 5.74) is 2.50. The van der Waals surface area contributed by atoms with E-state index < -0.39 is 0 Å². The lowest BCUT2D eigenvalue weighted by Crippen LogP contribution is -2.46. The third-order valence-corrected chi connectivity index (χ3v) is 5.89. The molecule has 9 heteroatoms. The molecule has 34 heavy (non-hydrogen) atoms. The van der Waals surface area contributed by atoms with Crippen LogP contribution in [0.5, 0.6) is 11.6 Å². The van der Waals surface area contributed by atoms with E-state index in [1.807, 2.05) is 36.4 Å². The second-order valence-corrected chi connectivity index (χ2v) is 8.49. The van der Waals surface area contributed by atoms with Gasteiger partial charge in [0.2, 0.25) is 5.95 Å². The number of pyridine rings is 2. The van der Waals surface area contributed by atoms with Crippen LogP contribution in [0.4, 0.5) is 23.1 Å². The van der Waals surface area contributed by atoms with Gasteiger partial charge >= 0.3 is 0 Å². The van der Waals surface area contributed by atoms with E-state index in [4.69, 9.17) is 9.47 Å². The molecule has 178 valence electrons. The van der Waals surface area contributed by atoms with Crippen molar-refractivity contribution in [1.29, 1.82) is 0 Å². The normalized spacial score (nSPS) is 17.3. The Morgan fingerprint density at radius 3 is 2.59 bits per heavy atom. The molecule has 4 aromatic rings. The molecule has 0 radical (unpaired) electrons. The summed E-state index contributed by atoms with van der Waals surface area (Å²) < 4.78 is 11.5. The van der Waals surface area contributed by atoms with Gasteiger partial charge < -0.3 is 25.0 Å². The Balaban J connectivity index is 0.00000180. The topological polar surface area (TPSA) is 97.3 Å². The number of nitrogens with one attached hydrogen (secondary N) is 2. The molecule has 1 aliphatic rings. The fourth-order valence-electron chi connectivity index (χ4n) is 3.85. The van der Waals surface area contributed by atoms with Crippen molar-refractivity contribution in [1.82, 2.24) is 24.8 Å². The molecule has 0 saturated heterocycles. The van der Waals surface area contributed by atoms with Crippen LogP contribution >= 0.6 is 0 Å². The summed E-state index contributed by atoms with van der Waals surface area (Å²) in [4.78, 5) is 20.0. The first-order valence-corrected chi connectivity index (χ1v) is 11.2. The van der Waals surface area contributed by atoms with Crippen LogP contribution in [0.15, 0.2) is 61.1 Å². The van der Waals surface area contributed by atoms with Crippen molar-refractivity contribution in [3.8, 4) is 11.6 Å². The number of hydrogen-bond donors (Lipinski definition) is 2. The summed E-state index contributed by atoms with van der Waals surface area (Å²) in [6.07, 6.45) is 7.29. The zero-order chi connectivity index (χ0) is 23.5. The number of aromatic nitrogens is 4. The first-order chi connectivity index (χ1) is 16.6. The Bertz CT molecular complexity index is 1300. The van der Waals surface area contributed by atoms with Crippen LogP contribution in [0, 0.1) is 0 Å². The maximum absolute atomic E-state index is 6.04. The maximum atomic E-state index is 6.04. The summed E-state index contributed by atoms with van der Waals surface area (Å²) in [6, 6.07) is 14.2. The molecular formula is C25H31N7O2. The first kappa shape index (κ1) is 21.8. The van der Waals surface area contributed by atoms with Crippen molar-refractivity contribution in [2.24, 2.45) is 0 Å². The van der Waals surface area contributed by atoms with Gasteiger partial charge in [-0.25, -0.2) is 9.97 Å². The molecule has 3 aromatic heterocycles. The molecular weight excluding hydrogens is 430 g/mol. The second-order valence-electron chi connectivity index (χ2n) is 8.49. The van der Waals surface area contributed by atoms with Gasteiger partial charge in [0.05, 0.1) is 36.4 Å². The fourth-order valence-corrected chi connectivity index (χ4v) is 3.85. The predicted molar refractivity (Wildman–Crippen MR) is 136 cm³/mol. The smallest absolute Gasteiger partial charge is 0.257 e. The second kappa shape index (κ2) is 9.48. The Kier molecular flexibility index (Phi) is 6.09. The average Bonchev–Trinajstić information content (AvgIpc) is 2.81. The third-order valence-electron chi connectivity index (χ3n) is 5.89. The highest BCUT2D eigenvalue weighted by molar-refractivity contribution is 5.82. The van der Waals surface area contributed by atoms with Crippen LogP contribution in [-0.4, -0.2) is 58.2 Å². The SMILES string of the molecule is COc1cc(Nc2nccc(Nc3cnc4ccccc4c3)n2)cnc1OC1CC(N(C)C)C1.[HH].[HH]. The van der Waals surface area contributed by atoms with E-state index in [1.54, 1.807) is 31.8 Å². The molecule has 0 bridgehead atoms. The quantitative estimate of drug-likeness (QED) is 0.380. The number of para-hydroxylation sites is 1. The molecule has 0 atom stereocenters. The van der Waals surface area contributed by atoms with Gasteiger partial charge in [-0.05, 0) is 32.3 Å². The average molecular weight is 462 g/mol. The van der Waals surface area contributed by atoms with Gasteiger partial charge in [-0.1, -0.05) is 18.2 Å². The minimum atomic E-state index is 0. The monoisotopic (exact) mass is 461 g/mol. The van der Waals surface area contributed by atoms with E-state index in [9.17, 15) is 0 Å². The number of anilines is 4. The number of rotatable bonds is 8. The standard InChI is InChI=1S/C25H27N7O2.2H2/c1-32(2)19-12-20(13-19)34-24-22(33-3)11-18(15-28-24)30-25-26-9-8-23(31-25)29-17-10-16-6-4-5-7-21(16)27-14-17;;/h4-11,14-15,19-20H,12-13H2,1-3H3,(H2,26,29,30,31);2*1H. The summed E-state index contributed by atoms with van der Waals surface area (Å²) in [5.74, 6) is 2.14. The zero-order valence-corrected chi connectivity index (χ0v) is 19.4. The van der Waals surface area contributed by atoms with Crippen molar-refractivity contribution in [2.45, 2.75) is 25.0 Å². The van der Waals surface area contributed by atoms with Crippen LogP contribution in [0.25, 0.3) is 10.9 Å². The number of hydrogen-bond acceptors (Lipinski definition) is 9. The van der Waals surface area contributed by atoms with Gasteiger partial charge in [-0.3, -0.25) is 4.98 Å². The van der Waals surface area contributed by atoms with Crippen molar-refractivity contribution in [3.63, 3.8) is 0 Å². The third kappa shape index (κ3) is 4.84. The Labute approximate surface area is 201 Å². The van der Waals surface area contributed by atoms with Crippen molar-refractivity contribution in [2.75, 3.05) is 31.8 Å². The number of nitrogens with zero attached hydrogens (tertiary/aromatic N) is 5. The summed E-state index contributed by atoms with van der Waals surface area (Å²) in [6.45, 7) is 0. The number of benzene rings is 1. The number of fused-ring (bicyclic) bond motifs is 1. The van der Waals surface area contributed by atoms with Crippen LogP contribution in [0.1, 0.15) is 15.7 Å². The molecule has 0 amide bonds. The first-order valence-electron chi connectivity index (χ1n) is 11.2. The summed E-state index contributed by atoms with van der Waals surface area (Å²) in [5, 5.41) is 7.52. The molecule has 1 aliphatic carbocycles. The molecule has 1 aromatic carbocycles. The van der Waals surface area contributed by atoms with E-state index in [0.29, 0.717) is 35.1 Å². The van der Waals surface area contributed by atoms with Gasteiger partial charge in [0.1, 0.15) is 11.9 Å². The van der Waals surface area contributed by atoms with Gasteiger partial charge in [-0.15, -0.1) is 0 Å². The Morgan fingerprint density at radius 2 is 1.76 bits per heavy atom. The van der Waals surface area contributed by atoms with E-state index >= 15 is 0 Å².